The number of hydrogen-bond donors (Lipinski definition) is 0. The molecule has 0 atom stereocenters. The summed E-state index contributed by atoms with van der Waals surface area (Å²) in [4.78, 5) is 32.9. The van der Waals surface area contributed by atoms with Crippen molar-refractivity contribution in [1.29, 1.82) is 0 Å². The van der Waals surface area contributed by atoms with Crippen LogP contribution >= 0.6 is 0 Å². The van der Waals surface area contributed by atoms with Crippen molar-refractivity contribution >= 4 is 17.9 Å². The van der Waals surface area contributed by atoms with Crippen molar-refractivity contribution in [1.82, 2.24) is 0 Å². The summed E-state index contributed by atoms with van der Waals surface area (Å²) in [7, 11) is 3.48. The van der Waals surface area contributed by atoms with Gasteiger partial charge in [0, 0.05) is 98.1 Å². The van der Waals surface area contributed by atoms with Crippen molar-refractivity contribution in [2.75, 3.05) is 21.3 Å². The van der Waals surface area contributed by atoms with Gasteiger partial charge < -0.3 is 26.5 Å². The van der Waals surface area contributed by atoms with E-state index in [1.807, 2.05) is 0 Å². The smallest absolute Gasteiger partial charge is 0.276 e. The summed E-state index contributed by atoms with van der Waals surface area (Å²) in [6.07, 6.45) is 0.557. The van der Waals surface area contributed by atoms with Crippen LogP contribution in [0.15, 0.2) is 0 Å². The molecule has 0 heterocycles. The molecule has 0 rings (SSSR count). The maximum absolute atomic E-state index is 11.1. The molecule has 0 amide bonds. The van der Waals surface area contributed by atoms with E-state index in [0.717, 1.165) is 20.6 Å². The molecular formula is C10H16O6Y3-2. The third-order valence-corrected chi connectivity index (χ3v) is 1.50. The van der Waals surface area contributed by atoms with Gasteiger partial charge in [-0.15, -0.1) is 0 Å². The van der Waals surface area contributed by atoms with E-state index >= 15 is 0 Å². The van der Waals surface area contributed by atoms with Crippen molar-refractivity contribution in [3.05, 3.63) is 12.3 Å². The van der Waals surface area contributed by atoms with E-state index in [1.54, 1.807) is 0 Å². The molecule has 0 aliphatic carbocycles. The molecule has 0 saturated heterocycles. The Labute approximate surface area is 189 Å². The molecule has 0 aromatic rings. The average molecular weight is 499 g/mol. The summed E-state index contributed by atoms with van der Waals surface area (Å²) in [5.74, 6) is -2.27. The Morgan fingerprint density at radius 3 is 1.74 bits per heavy atom. The molecule has 0 saturated carbocycles. The summed E-state index contributed by atoms with van der Waals surface area (Å²) >= 11 is 0. The maximum atomic E-state index is 11.1. The van der Waals surface area contributed by atoms with E-state index in [4.69, 9.17) is 0 Å². The Kier molecular flexibility index (Phi) is 33.2. The van der Waals surface area contributed by atoms with Crippen LogP contribution in [0, 0.1) is 12.3 Å². The van der Waals surface area contributed by atoms with Gasteiger partial charge >= 0.3 is 0 Å². The Morgan fingerprint density at radius 2 is 1.42 bits per heavy atom. The second kappa shape index (κ2) is 19.5. The van der Waals surface area contributed by atoms with E-state index in [1.165, 1.54) is 7.11 Å². The van der Waals surface area contributed by atoms with Gasteiger partial charge in [-0.1, -0.05) is 13.8 Å². The van der Waals surface area contributed by atoms with Gasteiger partial charge in [0.25, 0.3) is 5.97 Å². The summed E-state index contributed by atoms with van der Waals surface area (Å²) in [5, 5.41) is 0. The normalized spacial score (nSPS) is 6.89. The monoisotopic (exact) mass is 499 g/mol. The van der Waals surface area contributed by atoms with Gasteiger partial charge in [0.2, 0.25) is 0 Å². The molecule has 0 aliphatic heterocycles. The maximum Gasteiger partial charge on any atom is 0.276 e. The van der Waals surface area contributed by atoms with Gasteiger partial charge in [0.05, 0.1) is 21.3 Å². The third-order valence-electron chi connectivity index (χ3n) is 1.50. The molecule has 0 aromatic carbocycles. The largest absolute Gasteiger partial charge is 0.494 e. The van der Waals surface area contributed by atoms with E-state index in [-0.39, 0.29) is 118 Å². The second-order valence-corrected chi connectivity index (χ2v) is 2.44. The quantitative estimate of drug-likeness (QED) is 0.308. The van der Waals surface area contributed by atoms with Crippen molar-refractivity contribution < 1.29 is 127 Å². The molecule has 9 heteroatoms. The van der Waals surface area contributed by atoms with Crippen LogP contribution in [0.5, 0.6) is 0 Å². The first-order chi connectivity index (χ1) is 7.04. The van der Waals surface area contributed by atoms with Gasteiger partial charge in [-0.2, -0.15) is 0 Å². The molecule has 0 N–H and O–H groups in total. The third kappa shape index (κ3) is 15.7. The fourth-order valence-electron chi connectivity index (χ4n) is 0.742. The van der Waals surface area contributed by atoms with E-state index in [0.29, 0.717) is 0 Å². The van der Waals surface area contributed by atoms with Crippen molar-refractivity contribution in [2.24, 2.45) is 0 Å². The number of rotatable bonds is 5. The minimum absolute atomic E-state index is 0. The number of hydrogen-bond acceptors (Lipinski definition) is 6. The minimum Gasteiger partial charge on any atom is -0.494 e. The molecule has 103 valence electrons. The topological polar surface area (TPSA) is 78.9 Å². The van der Waals surface area contributed by atoms with Gasteiger partial charge in [0.1, 0.15) is 11.9 Å². The molecule has 0 bridgehead atoms. The van der Waals surface area contributed by atoms with Crippen LogP contribution in [0.25, 0.3) is 0 Å². The average Bonchev–Trinajstić information content (AvgIpc) is 2.26. The SMILES string of the molecule is C.COC(=O)[CH-][C-](CC(=O)OC)C(=O)OC.[Y].[Y].[Y]. The van der Waals surface area contributed by atoms with Crippen molar-refractivity contribution in [3.63, 3.8) is 0 Å². The summed E-state index contributed by atoms with van der Waals surface area (Å²) in [5.41, 5.74) is 0. The number of ether oxygens (including phenoxy) is 3. The zero-order valence-corrected chi connectivity index (χ0v) is 19.0. The van der Waals surface area contributed by atoms with Gasteiger partial charge in [0.15, 0.2) is 0 Å². The summed E-state index contributed by atoms with van der Waals surface area (Å²) < 4.78 is 13.0. The predicted octanol–water partition coefficient (Wildman–Crippen LogP) is 0.303. The Balaban J connectivity index is -0.000000163. The van der Waals surface area contributed by atoms with Crippen LogP contribution in [0.2, 0.25) is 0 Å². The van der Waals surface area contributed by atoms with Crippen LogP contribution in [-0.2, 0) is 127 Å². The zero-order chi connectivity index (χ0) is 11.8. The molecule has 3 radical (unpaired) electrons. The molecule has 0 fully saturated rings. The van der Waals surface area contributed by atoms with Crippen LogP contribution in [-0.4, -0.2) is 39.2 Å². The van der Waals surface area contributed by atoms with Crippen LogP contribution in [0.4, 0.5) is 0 Å². The van der Waals surface area contributed by atoms with Crippen LogP contribution in [0.1, 0.15) is 13.8 Å². The summed E-state index contributed by atoms with van der Waals surface area (Å²) in [6, 6.07) is 0. The Bertz CT molecular complexity index is 242. The zero-order valence-electron chi connectivity index (χ0n) is 10.5. The fourth-order valence-corrected chi connectivity index (χ4v) is 0.742. The van der Waals surface area contributed by atoms with Gasteiger partial charge in [-0.3, -0.25) is 14.4 Å². The van der Waals surface area contributed by atoms with Gasteiger partial charge in [-0.05, 0) is 0 Å². The first-order valence-corrected chi connectivity index (χ1v) is 3.98. The first-order valence-electron chi connectivity index (χ1n) is 3.98. The van der Waals surface area contributed by atoms with Crippen molar-refractivity contribution in [3.8, 4) is 0 Å². The summed E-state index contributed by atoms with van der Waals surface area (Å²) in [6.45, 7) is 0. The first kappa shape index (κ1) is 32.4. The molecule has 0 unspecified atom stereocenters. The second-order valence-electron chi connectivity index (χ2n) is 2.44. The fraction of sp³-hybridized carbons (Fsp3) is 0.500. The number of carbonyl (C=O) groups excluding carboxylic acids is 3. The Morgan fingerprint density at radius 1 is 0.947 bits per heavy atom. The molecule has 0 spiro atoms. The van der Waals surface area contributed by atoms with Crippen LogP contribution in [0.3, 0.4) is 0 Å². The number of carbonyl (C=O) groups is 3. The predicted molar refractivity (Wildman–Crippen MR) is 54.9 cm³/mol. The molecular weight excluding hydrogens is 483 g/mol. The number of methoxy groups -OCH3 is 3. The van der Waals surface area contributed by atoms with E-state index in [2.05, 4.69) is 14.2 Å². The Hall–Kier alpha value is 1.46. The molecule has 0 aromatic heterocycles. The van der Waals surface area contributed by atoms with Crippen molar-refractivity contribution in [2.45, 2.75) is 13.8 Å². The number of esters is 3. The van der Waals surface area contributed by atoms with Crippen LogP contribution < -0.4 is 0 Å². The van der Waals surface area contributed by atoms with E-state index in [9.17, 15) is 14.4 Å². The molecule has 19 heavy (non-hydrogen) atoms. The van der Waals surface area contributed by atoms with Gasteiger partial charge in [-0.25, -0.2) is 0 Å². The standard InChI is InChI=1S/C9H12O6.CH4.3Y/c1-13-7(10)4-6(9(12)15-3)5-8(11)14-2;;;;/h4H,5H2,1-3H3;1H4;;;/q-2;;;;. The van der Waals surface area contributed by atoms with E-state index < -0.39 is 17.9 Å². The molecule has 0 aliphatic rings. The minimum atomic E-state index is -0.772. The molecule has 6 nitrogen and oxygen atoms in total.